The third kappa shape index (κ3) is 4.97. The molecule has 3 nitrogen and oxygen atoms in total. The van der Waals surface area contributed by atoms with Gasteiger partial charge in [0.25, 0.3) is 0 Å². The molecule has 0 radical (unpaired) electrons. The zero-order chi connectivity index (χ0) is 16.1. The molecular weight excluding hydrogens is 280 g/mol. The van der Waals surface area contributed by atoms with E-state index >= 15 is 0 Å². The lowest BCUT2D eigenvalue weighted by atomic mass is 9.98. The number of benzene rings is 1. The van der Waals surface area contributed by atoms with E-state index in [0.717, 1.165) is 24.0 Å². The minimum Gasteiger partial charge on any atom is -0.497 e. The fourth-order valence-electron chi connectivity index (χ4n) is 1.82. The summed E-state index contributed by atoms with van der Waals surface area (Å²) in [4.78, 5) is 11.3. The Morgan fingerprint density at radius 3 is 2.19 bits per heavy atom. The minimum atomic E-state index is -1.74. The summed E-state index contributed by atoms with van der Waals surface area (Å²) in [6.45, 7) is 11.8. The van der Waals surface area contributed by atoms with E-state index in [9.17, 15) is 4.79 Å². The SMILES string of the molecule is COc1ccc(C(C=O)CCO[Si](C)(C)C(C)(C)C)cc1. The monoisotopic (exact) mass is 308 g/mol. The number of methoxy groups -OCH3 is 1. The Morgan fingerprint density at radius 2 is 1.76 bits per heavy atom. The third-order valence-corrected chi connectivity index (χ3v) is 8.94. The first-order valence-electron chi connectivity index (χ1n) is 7.44. The van der Waals surface area contributed by atoms with E-state index in [1.165, 1.54) is 0 Å². The smallest absolute Gasteiger partial charge is 0.191 e. The lowest BCUT2D eigenvalue weighted by molar-refractivity contribution is -0.109. The van der Waals surface area contributed by atoms with E-state index in [1.807, 2.05) is 24.3 Å². The van der Waals surface area contributed by atoms with Crippen LogP contribution in [0.4, 0.5) is 0 Å². The Hall–Kier alpha value is -1.13. The van der Waals surface area contributed by atoms with Crippen LogP contribution in [-0.4, -0.2) is 28.3 Å². The standard InChI is InChI=1S/C17H28O3Si/c1-17(2,3)21(5,6)20-12-11-15(13-18)14-7-9-16(19-4)10-8-14/h7-10,13,15H,11-12H2,1-6H3. The molecular formula is C17H28O3Si. The summed E-state index contributed by atoms with van der Waals surface area (Å²) < 4.78 is 11.3. The van der Waals surface area contributed by atoms with E-state index in [4.69, 9.17) is 9.16 Å². The zero-order valence-electron chi connectivity index (χ0n) is 14.1. The first-order chi connectivity index (χ1) is 9.71. The molecule has 0 saturated heterocycles. The second-order valence-corrected chi connectivity index (χ2v) is 11.7. The number of carbonyl (C=O) groups excluding carboxylic acids is 1. The van der Waals surface area contributed by atoms with Crippen LogP contribution in [0.3, 0.4) is 0 Å². The Bertz CT molecular complexity index is 446. The molecule has 4 heteroatoms. The van der Waals surface area contributed by atoms with Gasteiger partial charge < -0.3 is 14.0 Å². The summed E-state index contributed by atoms with van der Waals surface area (Å²) in [5.41, 5.74) is 1.02. The maximum absolute atomic E-state index is 11.3. The second kappa shape index (κ2) is 7.23. The van der Waals surface area contributed by atoms with E-state index in [2.05, 4.69) is 33.9 Å². The first kappa shape index (κ1) is 17.9. The van der Waals surface area contributed by atoms with Crippen molar-refractivity contribution < 1.29 is 14.0 Å². The average molecular weight is 308 g/mol. The molecule has 21 heavy (non-hydrogen) atoms. The largest absolute Gasteiger partial charge is 0.497 e. The Kier molecular flexibility index (Phi) is 6.17. The molecule has 1 atom stereocenters. The van der Waals surface area contributed by atoms with Gasteiger partial charge in [-0.3, -0.25) is 0 Å². The molecule has 1 aromatic rings. The summed E-state index contributed by atoms with van der Waals surface area (Å²) in [6.07, 6.45) is 1.74. The molecule has 0 saturated carbocycles. The summed E-state index contributed by atoms with van der Waals surface area (Å²) >= 11 is 0. The Balaban J connectivity index is 2.61. The van der Waals surface area contributed by atoms with Crippen molar-refractivity contribution in [1.29, 1.82) is 0 Å². The maximum Gasteiger partial charge on any atom is 0.191 e. The average Bonchev–Trinajstić information content (AvgIpc) is 2.42. The van der Waals surface area contributed by atoms with E-state index in [-0.39, 0.29) is 11.0 Å². The van der Waals surface area contributed by atoms with Crippen molar-refractivity contribution in [3.63, 3.8) is 0 Å². The van der Waals surface area contributed by atoms with Gasteiger partial charge >= 0.3 is 0 Å². The molecule has 118 valence electrons. The van der Waals surface area contributed by atoms with Crippen molar-refractivity contribution in [3.8, 4) is 5.75 Å². The van der Waals surface area contributed by atoms with Gasteiger partial charge in [-0.15, -0.1) is 0 Å². The fraction of sp³-hybridized carbons (Fsp3) is 0.588. The number of rotatable bonds is 7. The highest BCUT2D eigenvalue weighted by Gasteiger charge is 2.37. The quantitative estimate of drug-likeness (QED) is 0.553. The van der Waals surface area contributed by atoms with Crippen LogP contribution in [0.2, 0.25) is 18.1 Å². The van der Waals surface area contributed by atoms with Crippen molar-refractivity contribution >= 4 is 14.6 Å². The molecule has 0 aliphatic rings. The van der Waals surface area contributed by atoms with E-state index in [0.29, 0.717) is 6.61 Å². The lowest BCUT2D eigenvalue weighted by Gasteiger charge is -2.36. The van der Waals surface area contributed by atoms with Crippen LogP contribution in [-0.2, 0) is 9.22 Å². The highest BCUT2D eigenvalue weighted by Crippen LogP contribution is 2.36. The Morgan fingerprint density at radius 1 is 1.19 bits per heavy atom. The number of hydrogen-bond acceptors (Lipinski definition) is 3. The molecule has 0 spiro atoms. The summed E-state index contributed by atoms with van der Waals surface area (Å²) in [5.74, 6) is 0.696. The fourth-order valence-corrected chi connectivity index (χ4v) is 2.88. The molecule has 0 fully saturated rings. The lowest BCUT2D eigenvalue weighted by Crippen LogP contribution is -2.41. The topological polar surface area (TPSA) is 35.5 Å². The minimum absolute atomic E-state index is 0.110. The highest BCUT2D eigenvalue weighted by atomic mass is 28.4. The summed E-state index contributed by atoms with van der Waals surface area (Å²) in [6, 6.07) is 7.68. The van der Waals surface area contributed by atoms with Crippen molar-refractivity contribution in [2.75, 3.05) is 13.7 Å². The molecule has 0 aliphatic carbocycles. The van der Waals surface area contributed by atoms with Crippen LogP contribution < -0.4 is 4.74 Å². The summed E-state index contributed by atoms with van der Waals surface area (Å²) in [7, 11) is -0.0979. The van der Waals surface area contributed by atoms with Crippen LogP contribution in [0.25, 0.3) is 0 Å². The summed E-state index contributed by atoms with van der Waals surface area (Å²) in [5, 5.41) is 0.198. The van der Waals surface area contributed by atoms with E-state index in [1.54, 1.807) is 7.11 Å². The van der Waals surface area contributed by atoms with Gasteiger partial charge in [0.05, 0.1) is 7.11 Å². The van der Waals surface area contributed by atoms with Crippen LogP contribution in [0.1, 0.15) is 38.7 Å². The van der Waals surface area contributed by atoms with Crippen molar-refractivity contribution in [2.24, 2.45) is 0 Å². The van der Waals surface area contributed by atoms with Gasteiger partial charge in [0.15, 0.2) is 8.32 Å². The molecule has 0 aliphatic heterocycles. The van der Waals surface area contributed by atoms with Gasteiger partial charge in [-0.25, -0.2) is 0 Å². The second-order valence-electron chi connectivity index (χ2n) is 6.91. The van der Waals surface area contributed by atoms with Crippen molar-refractivity contribution in [1.82, 2.24) is 0 Å². The normalized spacial score (nSPS) is 13.8. The van der Waals surface area contributed by atoms with E-state index < -0.39 is 8.32 Å². The van der Waals surface area contributed by atoms with Crippen LogP contribution in [0.5, 0.6) is 5.75 Å². The van der Waals surface area contributed by atoms with Gasteiger partial charge in [0.2, 0.25) is 0 Å². The van der Waals surface area contributed by atoms with Crippen LogP contribution in [0, 0.1) is 0 Å². The molecule has 1 aromatic carbocycles. The molecule has 0 heterocycles. The zero-order valence-corrected chi connectivity index (χ0v) is 15.1. The van der Waals surface area contributed by atoms with Gasteiger partial charge in [-0.05, 0) is 42.2 Å². The van der Waals surface area contributed by atoms with Gasteiger partial charge in [0.1, 0.15) is 12.0 Å². The molecule has 0 aromatic heterocycles. The third-order valence-electron chi connectivity index (χ3n) is 4.41. The van der Waals surface area contributed by atoms with Crippen molar-refractivity contribution in [3.05, 3.63) is 29.8 Å². The van der Waals surface area contributed by atoms with Gasteiger partial charge in [0, 0.05) is 12.5 Å². The van der Waals surface area contributed by atoms with Gasteiger partial charge in [-0.1, -0.05) is 32.9 Å². The highest BCUT2D eigenvalue weighted by molar-refractivity contribution is 6.74. The number of hydrogen-bond donors (Lipinski definition) is 0. The van der Waals surface area contributed by atoms with Crippen LogP contribution in [0.15, 0.2) is 24.3 Å². The van der Waals surface area contributed by atoms with Gasteiger partial charge in [-0.2, -0.15) is 0 Å². The first-order valence-corrected chi connectivity index (χ1v) is 10.4. The molecule has 0 N–H and O–H groups in total. The maximum atomic E-state index is 11.3. The number of carbonyl (C=O) groups is 1. The Labute approximate surface area is 129 Å². The molecule has 1 rings (SSSR count). The van der Waals surface area contributed by atoms with Crippen molar-refractivity contribution in [2.45, 2.75) is 51.2 Å². The number of aldehydes is 1. The molecule has 1 unspecified atom stereocenters. The predicted molar refractivity (Wildman–Crippen MR) is 89.6 cm³/mol. The van der Waals surface area contributed by atoms with Crippen LogP contribution >= 0.6 is 0 Å². The molecule has 0 amide bonds. The number of ether oxygens (including phenoxy) is 1. The molecule has 0 bridgehead atoms. The predicted octanol–water partition coefficient (Wildman–Crippen LogP) is 4.39.